The Labute approximate surface area is 413 Å². The van der Waals surface area contributed by atoms with Crippen molar-refractivity contribution in [1.82, 2.24) is 10.6 Å². The topological polar surface area (TPSA) is 532 Å². The van der Waals surface area contributed by atoms with Crippen LogP contribution in [0.5, 0.6) is 0 Å². The van der Waals surface area contributed by atoms with Crippen LogP contribution < -0.4 is 10.6 Å². The van der Waals surface area contributed by atoms with E-state index in [0.29, 0.717) is 0 Å². The van der Waals surface area contributed by atoms with E-state index in [9.17, 15) is 106 Å². The molecule has 5 fully saturated rings. The van der Waals surface area contributed by atoms with E-state index in [-0.39, 0.29) is 6.29 Å². The largest absolute Gasteiger partial charge is 0.394 e. The minimum absolute atomic E-state index is 0.137. The summed E-state index contributed by atoms with van der Waals surface area (Å²) in [4.78, 5) is 36.3. The van der Waals surface area contributed by atoms with Gasteiger partial charge in [-0.1, -0.05) is 0 Å². The van der Waals surface area contributed by atoms with Crippen molar-refractivity contribution < 1.29 is 154 Å². The lowest BCUT2D eigenvalue weighted by Gasteiger charge is -2.51. The smallest absolute Gasteiger partial charge is 0.217 e. The van der Waals surface area contributed by atoms with Crippen molar-refractivity contribution in [2.24, 2.45) is 0 Å². The Balaban J connectivity index is 1.40. The molecule has 0 unspecified atom stereocenters. The second-order valence-corrected chi connectivity index (χ2v) is 17.9. The van der Waals surface area contributed by atoms with Gasteiger partial charge in [-0.15, -0.1) is 0 Å². The van der Waals surface area contributed by atoms with E-state index in [0.717, 1.165) is 13.8 Å². The number of aliphatic hydroxyl groups excluding tert-OH is 18. The predicted molar refractivity (Wildman–Crippen MR) is 224 cm³/mol. The molecule has 0 bridgehead atoms. The van der Waals surface area contributed by atoms with Gasteiger partial charge in [0, 0.05) is 13.8 Å². The fourth-order valence-corrected chi connectivity index (χ4v) is 8.86. The second kappa shape index (κ2) is 27.2. The highest BCUT2D eigenvalue weighted by atomic mass is 16.8. The monoisotopic (exact) mass is 1070 g/mol. The van der Waals surface area contributed by atoms with Crippen LogP contribution in [0, 0.1) is 0 Å². The first-order valence-corrected chi connectivity index (χ1v) is 22.9. The van der Waals surface area contributed by atoms with Crippen LogP contribution in [0.25, 0.3) is 0 Å². The molecule has 0 aliphatic carbocycles. The summed E-state index contributed by atoms with van der Waals surface area (Å²) in [6.45, 7) is -4.21. The van der Waals surface area contributed by atoms with Gasteiger partial charge in [0.1, 0.15) is 146 Å². The molecule has 20 N–H and O–H groups in total. The normalized spacial score (nSPS) is 45.1. The van der Waals surface area contributed by atoms with Gasteiger partial charge in [-0.3, -0.25) is 9.59 Å². The molecule has 424 valence electrons. The van der Waals surface area contributed by atoms with E-state index in [1.54, 1.807) is 0 Å². The highest BCUT2D eigenvalue weighted by Crippen LogP contribution is 2.36. The SMILES string of the molecule is CC(=O)N[C@H]1[C@H](O[C@H]2[C@@H](O)[C@@H](CO)O[C@@H](O[C@@H]([C@H](O)[C@@H](O)C=O)[C@H](O)CO)[C@@H]2O)O[C@H](CO)[C@@H](O[C@@H]2O[C@H](CO)[C@H](O)[C@H](O[C@@H]3O[C@H](CO)[C@@H](O)[C@H](O[C@@H]4O[C@H](CO)[C@H](O)[C@H](O)[C@H]4O)[C@H]3NC(C)=O)[C@H]2O)[C@@H]1O. The van der Waals surface area contributed by atoms with Gasteiger partial charge < -0.3 is 155 Å². The highest BCUT2D eigenvalue weighted by molar-refractivity contribution is 5.73. The molecule has 0 aromatic rings. The summed E-state index contributed by atoms with van der Waals surface area (Å²) in [6, 6.07) is -3.58. The standard InChI is InChI=1S/C40H68N2O31/c1-10(50)41-19-26(59)32(18(9-49)68-36(19)72-34-24(57)16(7-47)66-39(29(34)62)69-31(13(53)4-44)21(54)12(52)3-43)70-40-30(63)35(25(58)17(8-48)67-40)73-37-20(42-11(2)51)33(23(56)15(6-46)64-37)71-38-28(61)27(60)22(55)14(5-45)65-38/h3,12-40,44-49,52-63H,4-9H2,1-2H3,(H,41,50)(H,42,51)/t12-,13+,14+,15+,16+,17+,18+,19+,20+,21+,22-,23+,24-,25-,26+,27-,28+,29+,30+,31+,32+,33+,34-,35-,36-,37-,38-,39-,40-/m0/s1. The lowest BCUT2D eigenvalue weighted by atomic mass is 9.93. The first-order valence-electron chi connectivity index (χ1n) is 22.9. The van der Waals surface area contributed by atoms with Gasteiger partial charge in [0.25, 0.3) is 0 Å². The molecule has 0 radical (unpaired) electrons. The van der Waals surface area contributed by atoms with Crippen molar-refractivity contribution >= 4 is 18.1 Å². The van der Waals surface area contributed by atoms with Crippen LogP contribution in [0.4, 0.5) is 0 Å². The maximum Gasteiger partial charge on any atom is 0.217 e. The van der Waals surface area contributed by atoms with Crippen molar-refractivity contribution in [3.63, 3.8) is 0 Å². The Morgan fingerprint density at radius 1 is 0.466 bits per heavy atom. The summed E-state index contributed by atoms with van der Waals surface area (Å²) in [5.41, 5.74) is 0. The summed E-state index contributed by atoms with van der Waals surface area (Å²) >= 11 is 0. The Hall–Kier alpha value is -2.51. The summed E-state index contributed by atoms with van der Waals surface area (Å²) in [7, 11) is 0. The molecule has 33 nitrogen and oxygen atoms in total. The third-order valence-electron chi connectivity index (χ3n) is 12.8. The van der Waals surface area contributed by atoms with Gasteiger partial charge in [0.05, 0.1) is 39.6 Å². The zero-order valence-electron chi connectivity index (χ0n) is 38.9. The van der Waals surface area contributed by atoms with Crippen LogP contribution in [0.3, 0.4) is 0 Å². The maximum absolute atomic E-state index is 12.6. The van der Waals surface area contributed by atoms with Crippen LogP contribution in [0.2, 0.25) is 0 Å². The van der Waals surface area contributed by atoms with E-state index in [4.69, 9.17) is 47.4 Å². The molecule has 33 heteroatoms. The Morgan fingerprint density at radius 2 is 0.849 bits per heavy atom. The van der Waals surface area contributed by atoms with Gasteiger partial charge in [0.2, 0.25) is 11.8 Å². The Morgan fingerprint density at radius 3 is 1.33 bits per heavy atom. The number of hydrogen-bond acceptors (Lipinski definition) is 31. The lowest BCUT2D eigenvalue weighted by Crippen LogP contribution is -2.71. The number of carbonyl (C=O) groups excluding carboxylic acids is 3. The number of hydrogen-bond donors (Lipinski definition) is 20. The molecule has 0 saturated carbocycles. The minimum Gasteiger partial charge on any atom is -0.394 e. The number of rotatable bonds is 22. The number of aldehydes is 1. The molecule has 73 heavy (non-hydrogen) atoms. The first-order chi connectivity index (χ1) is 34.5. The number of carbonyl (C=O) groups is 3. The van der Waals surface area contributed by atoms with E-state index >= 15 is 0 Å². The molecule has 5 heterocycles. The molecule has 5 aliphatic rings. The number of aliphatic hydroxyl groups is 18. The molecule has 5 saturated heterocycles. The van der Waals surface area contributed by atoms with Crippen molar-refractivity contribution in [3.8, 4) is 0 Å². The summed E-state index contributed by atoms with van der Waals surface area (Å²) < 4.78 is 57.0. The van der Waals surface area contributed by atoms with Gasteiger partial charge in [0.15, 0.2) is 37.7 Å². The van der Waals surface area contributed by atoms with E-state index in [2.05, 4.69) is 10.6 Å². The zero-order chi connectivity index (χ0) is 54.3. The van der Waals surface area contributed by atoms with Crippen LogP contribution in [0.1, 0.15) is 13.8 Å². The van der Waals surface area contributed by atoms with Crippen molar-refractivity contribution in [1.29, 1.82) is 0 Å². The molecule has 2 amide bonds. The molecule has 0 aromatic carbocycles. The molecule has 0 aromatic heterocycles. The summed E-state index contributed by atoms with van der Waals surface area (Å²) in [5, 5.41) is 196. The van der Waals surface area contributed by atoms with Gasteiger partial charge in [-0.05, 0) is 0 Å². The average Bonchev–Trinajstić information content (AvgIpc) is 3.36. The second-order valence-electron chi connectivity index (χ2n) is 17.9. The molecule has 29 atom stereocenters. The summed E-state index contributed by atoms with van der Waals surface area (Å²) in [5.74, 6) is -1.74. The quantitative estimate of drug-likeness (QED) is 0.0448. The first kappa shape index (κ1) is 61.3. The van der Waals surface area contributed by atoms with Gasteiger partial charge in [-0.25, -0.2) is 0 Å². The van der Waals surface area contributed by atoms with Crippen molar-refractivity contribution in [2.75, 3.05) is 39.6 Å². The van der Waals surface area contributed by atoms with Gasteiger partial charge >= 0.3 is 0 Å². The number of ether oxygens (including phenoxy) is 10. The van der Waals surface area contributed by atoms with Gasteiger partial charge in [-0.2, -0.15) is 0 Å². The van der Waals surface area contributed by atoms with Crippen molar-refractivity contribution in [3.05, 3.63) is 0 Å². The Bertz CT molecular complexity index is 1730. The van der Waals surface area contributed by atoms with E-state index < -0.39 is 229 Å². The fourth-order valence-electron chi connectivity index (χ4n) is 8.86. The molecular formula is C40H68N2O31. The van der Waals surface area contributed by atoms with E-state index in [1.165, 1.54) is 0 Å². The molecular weight excluding hydrogens is 1000 g/mol. The zero-order valence-corrected chi connectivity index (χ0v) is 38.9. The summed E-state index contributed by atoms with van der Waals surface area (Å²) in [6.07, 6.45) is -53.6. The lowest BCUT2D eigenvalue weighted by molar-refractivity contribution is -0.383. The van der Waals surface area contributed by atoms with E-state index in [1.807, 2.05) is 0 Å². The van der Waals surface area contributed by atoms with Crippen LogP contribution >= 0.6 is 0 Å². The predicted octanol–water partition coefficient (Wildman–Crippen LogP) is -14.0. The highest BCUT2D eigenvalue weighted by Gasteiger charge is 2.58. The van der Waals surface area contributed by atoms with Crippen LogP contribution in [-0.2, 0) is 61.8 Å². The van der Waals surface area contributed by atoms with Crippen LogP contribution in [0.15, 0.2) is 0 Å². The maximum atomic E-state index is 12.6. The molecule has 5 rings (SSSR count). The van der Waals surface area contributed by atoms with Crippen molar-refractivity contribution in [2.45, 2.75) is 192 Å². The fraction of sp³-hybridized carbons (Fsp3) is 0.925. The third kappa shape index (κ3) is 13.8. The molecule has 0 spiro atoms. The average molecular weight is 1070 g/mol. The number of nitrogens with one attached hydrogen (secondary N) is 2. The van der Waals surface area contributed by atoms with Crippen LogP contribution in [-0.4, -0.2) is 327 Å². The third-order valence-corrected chi connectivity index (χ3v) is 12.8. The Kier molecular flexibility index (Phi) is 22.8. The minimum atomic E-state index is -2.25. The molecule has 5 aliphatic heterocycles. The number of amides is 2.